The molecule has 2 aromatic rings. The van der Waals surface area contributed by atoms with E-state index in [1.807, 2.05) is 43.3 Å². The number of piperidine rings is 1. The molecular formula is C23H27N3O3. The minimum Gasteiger partial charge on any atom is -0.348 e. The number of hydrogen-bond acceptors (Lipinski definition) is 3. The van der Waals surface area contributed by atoms with Gasteiger partial charge in [-0.1, -0.05) is 19.1 Å². The fraction of sp³-hybridized carbons (Fsp3) is 0.348. The predicted octanol–water partition coefficient (Wildman–Crippen LogP) is 3.87. The second-order valence-electron chi connectivity index (χ2n) is 7.23. The first-order valence-corrected chi connectivity index (χ1v) is 10.1. The number of anilines is 2. The summed E-state index contributed by atoms with van der Waals surface area (Å²) < 4.78 is 0. The Morgan fingerprint density at radius 3 is 2.59 bits per heavy atom. The van der Waals surface area contributed by atoms with Gasteiger partial charge in [-0.05, 0) is 61.2 Å². The van der Waals surface area contributed by atoms with E-state index in [9.17, 15) is 14.4 Å². The van der Waals surface area contributed by atoms with Gasteiger partial charge >= 0.3 is 0 Å². The Labute approximate surface area is 171 Å². The van der Waals surface area contributed by atoms with Crippen molar-refractivity contribution in [3.63, 3.8) is 0 Å². The normalized spacial score (nSPS) is 13.8. The Morgan fingerprint density at radius 1 is 1.07 bits per heavy atom. The van der Waals surface area contributed by atoms with Gasteiger partial charge in [-0.2, -0.15) is 0 Å². The number of carbonyl (C=O) groups is 3. The highest BCUT2D eigenvalue weighted by atomic mass is 16.2. The first-order valence-electron chi connectivity index (χ1n) is 10.1. The maximum atomic E-state index is 12.5. The van der Waals surface area contributed by atoms with Gasteiger partial charge in [-0.25, -0.2) is 0 Å². The van der Waals surface area contributed by atoms with E-state index in [2.05, 4.69) is 10.6 Å². The number of nitrogens with one attached hydrogen (secondary N) is 2. The van der Waals surface area contributed by atoms with E-state index in [0.717, 1.165) is 42.7 Å². The molecule has 1 saturated heterocycles. The minimum atomic E-state index is -0.179. The fourth-order valence-electron chi connectivity index (χ4n) is 3.37. The highest BCUT2D eigenvalue weighted by molar-refractivity contribution is 5.97. The predicted molar refractivity (Wildman–Crippen MR) is 114 cm³/mol. The van der Waals surface area contributed by atoms with Crippen molar-refractivity contribution >= 4 is 29.1 Å². The van der Waals surface area contributed by atoms with Crippen LogP contribution in [-0.4, -0.2) is 24.3 Å². The zero-order chi connectivity index (χ0) is 20.6. The van der Waals surface area contributed by atoms with Crippen molar-refractivity contribution in [3.05, 3.63) is 59.7 Å². The van der Waals surface area contributed by atoms with E-state index in [-0.39, 0.29) is 17.7 Å². The van der Waals surface area contributed by atoms with E-state index in [1.54, 1.807) is 17.0 Å². The van der Waals surface area contributed by atoms with Crippen LogP contribution in [0.3, 0.4) is 0 Å². The van der Waals surface area contributed by atoms with Gasteiger partial charge in [0.2, 0.25) is 11.8 Å². The van der Waals surface area contributed by atoms with Crippen LogP contribution >= 0.6 is 0 Å². The molecule has 29 heavy (non-hydrogen) atoms. The summed E-state index contributed by atoms with van der Waals surface area (Å²) in [5, 5.41) is 5.76. The van der Waals surface area contributed by atoms with Crippen molar-refractivity contribution in [2.24, 2.45) is 0 Å². The molecule has 6 heteroatoms. The fourth-order valence-corrected chi connectivity index (χ4v) is 3.37. The van der Waals surface area contributed by atoms with Crippen LogP contribution < -0.4 is 15.5 Å². The van der Waals surface area contributed by atoms with Gasteiger partial charge in [0.1, 0.15) is 0 Å². The maximum absolute atomic E-state index is 12.5. The standard InChI is InChI=1S/C23H27N3O3/c1-2-6-21(27)25-19-8-5-7-17(15-19)16-24-23(29)18-10-12-20(13-11-18)26-14-4-3-9-22(26)28/h5,7-8,10-13,15H,2-4,6,9,14,16H2,1H3,(H,24,29)(H,25,27). The van der Waals surface area contributed by atoms with Crippen LogP contribution in [-0.2, 0) is 16.1 Å². The smallest absolute Gasteiger partial charge is 0.251 e. The van der Waals surface area contributed by atoms with Gasteiger partial charge in [0, 0.05) is 42.9 Å². The number of rotatable bonds is 7. The van der Waals surface area contributed by atoms with Gasteiger partial charge in [-0.15, -0.1) is 0 Å². The average molecular weight is 393 g/mol. The molecule has 2 aromatic carbocycles. The third kappa shape index (κ3) is 5.67. The molecule has 3 rings (SSSR count). The molecule has 1 aliphatic rings. The summed E-state index contributed by atoms with van der Waals surface area (Å²) in [5.74, 6) is -0.0535. The Bertz CT molecular complexity index is 877. The topological polar surface area (TPSA) is 78.5 Å². The average Bonchev–Trinajstić information content (AvgIpc) is 2.73. The summed E-state index contributed by atoms with van der Waals surface area (Å²) in [6, 6.07) is 14.6. The molecule has 0 aromatic heterocycles. The van der Waals surface area contributed by atoms with Crippen LogP contribution in [0.25, 0.3) is 0 Å². The van der Waals surface area contributed by atoms with Crippen molar-refractivity contribution in [2.45, 2.75) is 45.6 Å². The molecule has 0 aliphatic carbocycles. The number of benzene rings is 2. The number of amides is 3. The molecular weight excluding hydrogens is 366 g/mol. The van der Waals surface area contributed by atoms with Crippen molar-refractivity contribution in [1.29, 1.82) is 0 Å². The Balaban J connectivity index is 1.56. The number of carbonyl (C=O) groups excluding carboxylic acids is 3. The first kappa shape index (κ1) is 20.6. The minimum absolute atomic E-state index is 0.0130. The Hall–Kier alpha value is -3.15. The lowest BCUT2D eigenvalue weighted by Gasteiger charge is -2.26. The molecule has 0 bridgehead atoms. The van der Waals surface area contributed by atoms with Crippen LogP contribution in [0.4, 0.5) is 11.4 Å². The summed E-state index contributed by atoms with van der Waals surface area (Å²) in [6.45, 7) is 3.06. The third-order valence-corrected chi connectivity index (χ3v) is 4.91. The molecule has 1 heterocycles. The molecule has 0 spiro atoms. The summed E-state index contributed by atoms with van der Waals surface area (Å²) in [6.07, 6.45) is 3.82. The van der Waals surface area contributed by atoms with Crippen molar-refractivity contribution in [2.75, 3.05) is 16.8 Å². The molecule has 1 aliphatic heterocycles. The lowest BCUT2D eigenvalue weighted by Crippen LogP contribution is -2.35. The lowest BCUT2D eigenvalue weighted by molar-refractivity contribution is -0.119. The quantitative estimate of drug-likeness (QED) is 0.749. The largest absolute Gasteiger partial charge is 0.348 e. The van der Waals surface area contributed by atoms with Crippen molar-refractivity contribution in [1.82, 2.24) is 5.32 Å². The van der Waals surface area contributed by atoms with E-state index in [1.165, 1.54) is 0 Å². The van der Waals surface area contributed by atoms with E-state index in [0.29, 0.717) is 24.9 Å². The zero-order valence-electron chi connectivity index (χ0n) is 16.7. The van der Waals surface area contributed by atoms with Crippen molar-refractivity contribution in [3.8, 4) is 0 Å². The summed E-state index contributed by atoms with van der Waals surface area (Å²) in [4.78, 5) is 38.0. The molecule has 0 atom stereocenters. The lowest BCUT2D eigenvalue weighted by atomic mass is 10.1. The highest BCUT2D eigenvalue weighted by Crippen LogP contribution is 2.21. The van der Waals surface area contributed by atoms with E-state index >= 15 is 0 Å². The van der Waals surface area contributed by atoms with Crippen LogP contribution in [0.1, 0.15) is 54.9 Å². The molecule has 0 unspecified atom stereocenters. The summed E-state index contributed by atoms with van der Waals surface area (Å²) >= 11 is 0. The Morgan fingerprint density at radius 2 is 1.86 bits per heavy atom. The second-order valence-corrected chi connectivity index (χ2v) is 7.23. The SMILES string of the molecule is CCCC(=O)Nc1cccc(CNC(=O)c2ccc(N3CCCCC3=O)cc2)c1. The molecule has 2 N–H and O–H groups in total. The molecule has 0 saturated carbocycles. The van der Waals surface area contributed by atoms with E-state index < -0.39 is 0 Å². The van der Waals surface area contributed by atoms with E-state index in [4.69, 9.17) is 0 Å². The molecule has 6 nitrogen and oxygen atoms in total. The molecule has 152 valence electrons. The Kier molecular flexibility index (Phi) is 7.00. The van der Waals surface area contributed by atoms with Gasteiger partial charge < -0.3 is 15.5 Å². The van der Waals surface area contributed by atoms with Crippen molar-refractivity contribution < 1.29 is 14.4 Å². The monoisotopic (exact) mass is 393 g/mol. The summed E-state index contributed by atoms with van der Waals surface area (Å²) in [5.41, 5.74) is 3.02. The zero-order valence-corrected chi connectivity index (χ0v) is 16.7. The maximum Gasteiger partial charge on any atom is 0.251 e. The van der Waals surface area contributed by atoms with Gasteiger partial charge in [0.25, 0.3) is 5.91 Å². The summed E-state index contributed by atoms with van der Waals surface area (Å²) in [7, 11) is 0. The number of hydrogen-bond donors (Lipinski definition) is 2. The van der Waals surface area contributed by atoms with Crippen LogP contribution in [0.5, 0.6) is 0 Å². The molecule has 3 amide bonds. The third-order valence-electron chi connectivity index (χ3n) is 4.91. The number of nitrogens with zero attached hydrogens (tertiary/aromatic N) is 1. The van der Waals surface area contributed by atoms with Gasteiger partial charge in [0.15, 0.2) is 0 Å². The van der Waals surface area contributed by atoms with Crippen LogP contribution in [0.15, 0.2) is 48.5 Å². The highest BCUT2D eigenvalue weighted by Gasteiger charge is 2.19. The van der Waals surface area contributed by atoms with Gasteiger partial charge in [0.05, 0.1) is 0 Å². The van der Waals surface area contributed by atoms with Crippen LogP contribution in [0.2, 0.25) is 0 Å². The second kappa shape index (κ2) is 9.87. The van der Waals surface area contributed by atoms with Crippen LogP contribution in [0, 0.1) is 0 Å². The van der Waals surface area contributed by atoms with Gasteiger partial charge in [-0.3, -0.25) is 14.4 Å². The molecule has 1 fully saturated rings. The molecule has 0 radical (unpaired) electrons. The first-order chi connectivity index (χ1) is 14.1.